The van der Waals surface area contributed by atoms with Crippen molar-refractivity contribution in [3.63, 3.8) is 0 Å². The Morgan fingerprint density at radius 1 is 1.00 bits per heavy atom. The molecule has 0 bridgehead atoms. The number of hydrogen-bond acceptors (Lipinski definition) is 3. The van der Waals surface area contributed by atoms with Gasteiger partial charge in [-0.25, -0.2) is 0 Å². The van der Waals surface area contributed by atoms with Crippen molar-refractivity contribution in [1.82, 2.24) is 0 Å². The fourth-order valence-corrected chi connectivity index (χ4v) is 8.65. The van der Waals surface area contributed by atoms with Gasteiger partial charge in [-0.15, -0.1) is 0 Å². The molecule has 7 heteroatoms. The van der Waals surface area contributed by atoms with Gasteiger partial charge < -0.3 is 11.1 Å². The van der Waals surface area contributed by atoms with Crippen LogP contribution in [0, 0.1) is 0 Å². The minimum atomic E-state index is -1.84. The molecule has 0 saturated carbocycles. The van der Waals surface area contributed by atoms with Gasteiger partial charge in [0.05, 0.1) is 0 Å². The van der Waals surface area contributed by atoms with E-state index in [0.29, 0.717) is 0 Å². The number of rotatable bonds is 6. The Morgan fingerprint density at radius 3 is 1.92 bits per heavy atom. The molecule has 0 aliphatic heterocycles. The van der Waals surface area contributed by atoms with Crippen LogP contribution in [0.15, 0.2) is 0 Å². The lowest BCUT2D eigenvalue weighted by molar-refractivity contribution is 0.379. The zero-order chi connectivity index (χ0) is 10.5. The second kappa shape index (κ2) is 6.53. The molecule has 0 aliphatic rings. The highest BCUT2D eigenvalue weighted by Crippen LogP contribution is 2.07. The molecular formula is C6H20AlO3Si3-. The van der Waals surface area contributed by atoms with Crippen LogP contribution in [0.4, 0.5) is 0 Å². The summed E-state index contributed by atoms with van der Waals surface area (Å²) in [5.41, 5.74) is 0. The average Bonchev–Trinajstić information content (AvgIpc) is 1.81. The van der Waals surface area contributed by atoms with Crippen molar-refractivity contribution in [2.75, 3.05) is 0 Å². The van der Waals surface area contributed by atoms with Crippen LogP contribution < -0.4 is 0 Å². The van der Waals surface area contributed by atoms with E-state index < -0.39 is 26.6 Å². The van der Waals surface area contributed by atoms with Crippen LogP contribution in [-0.2, 0) is 11.1 Å². The Bertz CT molecular complexity index is 143. The van der Waals surface area contributed by atoms with Gasteiger partial charge in [0.25, 0.3) is 8.56 Å². The van der Waals surface area contributed by atoms with Crippen LogP contribution in [0.1, 0.15) is 0 Å². The molecule has 78 valence electrons. The van der Waals surface area contributed by atoms with E-state index in [4.69, 9.17) is 11.1 Å². The van der Waals surface area contributed by atoms with Crippen molar-refractivity contribution in [1.29, 1.82) is 0 Å². The quantitative estimate of drug-likeness (QED) is 0.665. The first-order valence-corrected chi connectivity index (χ1v) is 14.0. The van der Waals surface area contributed by atoms with E-state index in [9.17, 15) is 0 Å². The Kier molecular flexibility index (Phi) is 7.06. The van der Waals surface area contributed by atoms with Gasteiger partial charge in [0.15, 0.2) is 9.04 Å². The Hall–Kier alpha value is 1.06. The Morgan fingerprint density at radius 2 is 1.54 bits per heavy atom. The van der Waals surface area contributed by atoms with Crippen LogP contribution in [0.25, 0.3) is 0 Å². The Labute approximate surface area is 92.9 Å². The molecule has 0 aromatic rings. The average molecular weight is 251 g/mol. The summed E-state index contributed by atoms with van der Waals surface area (Å²) in [6.07, 6.45) is 0. The largest absolute Gasteiger partial charge is 0.727 e. The fraction of sp³-hybridized carbons (Fsp3) is 1.00. The van der Waals surface area contributed by atoms with Gasteiger partial charge in [-0.2, -0.15) is 0 Å². The molecule has 2 radical (unpaired) electrons. The molecule has 0 atom stereocenters. The normalized spacial score (nSPS) is 12.9. The van der Waals surface area contributed by atoms with Crippen LogP contribution >= 0.6 is 0 Å². The summed E-state index contributed by atoms with van der Waals surface area (Å²) in [5, 5.41) is 0. The smallest absolute Gasteiger partial charge is 0.260 e. The molecule has 0 N–H and O–H groups in total. The second-order valence-corrected chi connectivity index (χ2v) is 14.1. The molecule has 0 aromatic carbocycles. The van der Waals surface area contributed by atoms with Crippen molar-refractivity contribution in [3.05, 3.63) is 0 Å². The maximum Gasteiger partial charge on any atom is 0.260 e. The predicted molar refractivity (Wildman–Crippen MR) is 64.2 cm³/mol. The Balaban J connectivity index is 3.62. The molecule has 0 amide bonds. The summed E-state index contributed by atoms with van der Waals surface area (Å²) in [7, 11) is -3.70. The third kappa shape index (κ3) is 9.37. The molecule has 0 spiro atoms. The topological polar surface area (TPSA) is 27.7 Å². The summed E-state index contributed by atoms with van der Waals surface area (Å²) in [4.78, 5) is 0. The van der Waals surface area contributed by atoms with Crippen LogP contribution in [0.5, 0.6) is 0 Å². The molecular weight excluding hydrogens is 231 g/mol. The molecule has 3 nitrogen and oxygen atoms in total. The monoisotopic (exact) mass is 251 g/mol. The van der Waals surface area contributed by atoms with Crippen molar-refractivity contribution in [3.8, 4) is 0 Å². The van der Waals surface area contributed by atoms with Gasteiger partial charge in [0.1, 0.15) is 24.9 Å². The summed E-state index contributed by atoms with van der Waals surface area (Å²) in [5.74, 6) is 0. The van der Waals surface area contributed by atoms with Crippen LogP contribution in [0.3, 0.4) is 0 Å². The predicted octanol–water partition coefficient (Wildman–Crippen LogP) is 1.24. The van der Waals surface area contributed by atoms with E-state index in [2.05, 4.69) is 39.3 Å². The zero-order valence-electron chi connectivity index (χ0n) is 9.46. The molecule has 0 rings (SSSR count). The maximum absolute atomic E-state index is 5.83. The summed E-state index contributed by atoms with van der Waals surface area (Å²) in [6.45, 7) is 12.8. The van der Waals surface area contributed by atoms with Gasteiger partial charge in [-0.3, -0.25) is 0 Å². The SMILES string of the molecule is C[SiH](C)[O][Al-][O][Si](C)(C)O[SiH](C)C. The third-order valence-electron chi connectivity index (χ3n) is 1.18. The molecule has 0 fully saturated rings. The third-order valence-corrected chi connectivity index (χ3v) is 10.6. The second-order valence-electron chi connectivity index (χ2n) is 3.97. The summed E-state index contributed by atoms with van der Waals surface area (Å²) < 4.78 is 17.1. The van der Waals surface area contributed by atoms with Gasteiger partial charge in [0, 0.05) is 0 Å². The van der Waals surface area contributed by atoms with Gasteiger partial charge in [0.2, 0.25) is 0 Å². The lowest BCUT2D eigenvalue weighted by Gasteiger charge is -2.36. The fourth-order valence-electron chi connectivity index (χ4n) is 0.850. The van der Waals surface area contributed by atoms with Crippen molar-refractivity contribution in [2.45, 2.75) is 39.3 Å². The van der Waals surface area contributed by atoms with Gasteiger partial charge >= 0.3 is 0 Å². The van der Waals surface area contributed by atoms with Crippen LogP contribution in [0.2, 0.25) is 39.3 Å². The minimum absolute atomic E-state index is 0.289. The zero-order valence-corrected chi connectivity index (χ0v) is 13.9. The standard InChI is InChI=1S/C4H13O2Si2.C2H7OSi.Al/c1-7(2)6-8(3,4)5;1-4(2)3;/h7H,1-4H3;4H,1-2H3;/q2*-1;+1. The maximum atomic E-state index is 5.83. The molecule has 13 heavy (non-hydrogen) atoms. The highest BCUT2D eigenvalue weighted by Gasteiger charge is 2.19. The highest BCUT2D eigenvalue weighted by molar-refractivity contribution is 6.76. The molecule has 0 aromatic heterocycles. The lowest BCUT2D eigenvalue weighted by Crippen LogP contribution is -2.41. The first-order chi connectivity index (χ1) is 5.83. The summed E-state index contributed by atoms with van der Waals surface area (Å²) in [6, 6.07) is 0. The molecule has 0 heterocycles. The number of hydrogen-bond donors (Lipinski definition) is 0. The van der Waals surface area contributed by atoms with E-state index in [1.165, 1.54) is 0 Å². The van der Waals surface area contributed by atoms with E-state index >= 15 is 0 Å². The van der Waals surface area contributed by atoms with Gasteiger partial charge in [-0.1, -0.05) is 13.1 Å². The van der Waals surface area contributed by atoms with E-state index in [1.807, 2.05) is 0 Å². The van der Waals surface area contributed by atoms with E-state index in [1.54, 1.807) is 0 Å². The van der Waals surface area contributed by atoms with Gasteiger partial charge in [-0.05, 0) is 26.2 Å². The first kappa shape index (κ1) is 14.1. The molecule has 0 unspecified atom stereocenters. The molecule has 0 saturated heterocycles. The lowest BCUT2D eigenvalue weighted by atomic mass is 11.9. The summed E-state index contributed by atoms with van der Waals surface area (Å²) >= 11 is -0.289. The van der Waals surface area contributed by atoms with Crippen molar-refractivity contribution in [2.24, 2.45) is 0 Å². The first-order valence-electron chi connectivity index (χ1n) is 4.66. The minimum Gasteiger partial charge on any atom is -0.727 e. The highest BCUT2D eigenvalue weighted by atomic mass is 28.4. The van der Waals surface area contributed by atoms with Crippen molar-refractivity contribution < 1.29 is 11.1 Å². The van der Waals surface area contributed by atoms with Crippen molar-refractivity contribution >= 4 is 42.5 Å². The van der Waals surface area contributed by atoms with E-state index in [-0.39, 0.29) is 15.9 Å². The molecule has 0 aliphatic carbocycles. The van der Waals surface area contributed by atoms with Crippen LogP contribution in [-0.4, -0.2) is 42.5 Å². The van der Waals surface area contributed by atoms with E-state index in [0.717, 1.165) is 0 Å².